The highest BCUT2D eigenvalue weighted by atomic mass is 16.4. The number of fused-ring (bicyclic) bond motifs is 1. The Morgan fingerprint density at radius 1 is 1.08 bits per heavy atom. The van der Waals surface area contributed by atoms with Crippen molar-refractivity contribution >= 4 is 28.4 Å². The lowest BCUT2D eigenvalue weighted by Crippen LogP contribution is -2.39. The smallest absolute Gasteiger partial charge is 0.349 e. The maximum Gasteiger partial charge on any atom is 0.349 e. The molecule has 1 aliphatic heterocycles. The van der Waals surface area contributed by atoms with E-state index in [1.807, 2.05) is 67.6 Å². The number of hydrogen-bond acceptors (Lipinski definition) is 6. The van der Waals surface area contributed by atoms with Gasteiger partial charge < -0.3 is 15.3 Å². The van der Waals surface area contributed by atoms with Crippen LogP contribution in [0.5, 0.6) is 0 Å². The van der Waals surface area contributed by atoms with E-state index in [2.05, 4.69) is 20.2 Å². The zero-order chi connectivity index (χ0) is 26.5. The second-order valence-electron chi connectivity index (χ2n) is 10.1. The van der Waals surface area contributed by atoms with E-state index in [1.54, 1.807) is 12.4 Å². The molecule has 0 amide bonds. The normalized spacial score (nSPS) is 14.9. The minimum atomic E-state index is -0.923. The zero-order valence-corrected chi connectivity index (χ0v) is 21.6. The molecule has 1 atom stereocenters. The summed E-state index contributed by atoms with van der Waals surface area (Å²) < 4.78 is 1.45. The number of carboxylic acid groups (broad SMARTS) is 1. The summed E-state index contributed by atoms with van der Waals surface area (Å²) in [6.07, 6.45) is 5.88. The van der Waals surface area contributed by atoms with Gasteiger partial charge in [0.25, 0.3) is 0 Å². The fourth-order valence-corrected chi connectivity index (χ4v) is 5.22. The van der Waals surface area contributed by atoms with Crippen molar-refractivity contribution in [2.24, 2.45) is 11.8 Å². The Kier molecular flexibility index (Phi) is 7.67. The van der Waals surface area contributed by atoms with Crippen molar-refractivity contribution in [3.05, 3.63) is 94.7 Å². The number of aryl methyl sites for hydroxylation is 1. The van der Waals surface area contributed by atoms with Gasteiger partial charge in [-0.3, -0.25) is 9.36 Å². The molecular formula is C30H33N5O3. The molecule has 38 heavy (non-hydrogen) atoms. The van der Waals surface area contributed by atoms with Crippen LogP contribution in [0.1, 0.15) is 24.0 Å². The number of nitrogens with one attached hydrogen (secondary N) is 1. The van der Waals surface area contributed by atoms with Crippen molar-refractivity contribution in [2.45, 2.75) is 32.7 Å². The lowest BCUT2D eigenvalue weighted by atomic mass is 9.96. The van der Waals surface area contributed by atoms with Crippen LogP contribution in [-0.2, 0) is 17.8 Å². The molecule has 196 valence electrons. The van der Waals surface area contributed by atoms with Gasteiger partial charge in [-0.2, -0.15) is 4.98 Å². The summed E-state index contributed by atoms with van der Waals surface area (Å²) in [6.45, 7) is 4.53. The summed E-state index contributed by atoms with van der Waals surface area (Å²) >= 11 is 0. The molecular weight excluding hydrogens is 478 g/mol. The Morgan fingerprint density at radius 3 is 2.58 bits per heavy atom. The van der Waals surface area contributed by atoms with E-state index in [9.17, 15) is 14.7 Å². The molecule has 3 heterocycles. The van der Waals surface area contributed by atoms with E-state index < -0.39 is 17.6 Å². The van der Waals surface area contributed by atoms with Crippen molar-refractivity contribution in [1.29, 1.82) is 0 Å². The third-order valence-electron chi connectivity index (χ3n) is 7.36. The van der Waals surface area contributed by atoms with E-state index >= 15 is 0 Å². The number of aromatic nitrogens is 3. The zero-order valence-electron chi connectivity index (χ0n) is 21.6. The summed E-state index contributed by atoms with van der Waals surface area (Å²) in [5, 5.41) is 15.5. The largest absolute Gasteiger partial charge is 0.481 e. The molecule has 0 aliphatic carbocycles. The quantitative estimate of drug-likeness (QED) is 0.344. The number of benzene rings is 2. The molecule has 1 aliphatic rings. The van der Waals surface area contributed by atoms with Gasteiger partial charge in [-0.15, -0.1) is 0 Å². The molecule has 0 saturated carbocycles. The van der Waals surface area contributed by atoms with E-state index in [-0.39, 0.29) is 6.54 Å². The van der Waals surface area contributed by atoms with Gasteiger partial charge in [0, 0.05) is 44.1 Å². The summed E-state index contributed by atoms with van der Waals surface area (Å²) in [5.74, 6) is 0.455. The van der Waals surface area contributed by atoms with Crippen LogP contribution in [0.4, 0.5) is 11.6 Å². The number of carboxylic acids is 1. The molecule has 0 spiro atoms. The number of pyridine rings is 1. The highest BCUT2D eigenvalue weighted by molar-refractivity contribution is 5.83. The van der Waals surface area contributed by atoms with Crippen LogP contribution >= 0.6 is 0 Å². The first-order valence-electron chi connectivity index (χ1n) is 13.1. The molecule has 1 saturated heterocycles. The summed E-state index contributed by atoms with van der Waals surface area (Å²) in [7, 11) is 0. The third kappa shape index (κ3) is 6.02. The summed E-state index contributed by atoms with van der Waals surface area (Å²) in [4.78, 5) is 35.9. The topological polar surface area (TPSA) is 100 Å². The fraction of sp³-hybridized carbons (Fsp3) is 0.333. The number of piperidine rings is 1. The van der Waals surface area contributed by atoms with Gasteiger partial charge in [-0.25, -0.2) is 9.78 Å². The Balaban J connectivity index is 1.23. The molecule has 5 rings (SSSR count). The van der Waals surface area contributed by atoms with E-state index in [4.69, 9.17) is 0 Å². The van der Waals surface area contributed by atoms with E-state index in [0.717, 1.165) is 60.2 Å². The second kappa shape index (κ2) is 11.5. The fourth-order valence-electron chi connectivity index (χ4n) is 5.22. The summed E-state index contributed by atoms with van der Waals surface area (Å²) in [6, 6.07) is 19.8. The molecule has 2 aromatic carbocycles. The maximum absolute atomic E-state index is 13.0. The molecule has 2 N–H and O–H groups in total. The van der Waals surface area contributed by atoms with Crippen molar-refractivity contribution in [2.75, 3.05) is 29.9 Å². The Hall–Kier alpha value is -4.20. The van der Waals surface area contributed by atoms with Gasteiger partial charge in [0.05, 0.1) is 5.92 Å². The SMILES string of the molecule is Cc1cn(CC(Cc2ccc3ccccc3c2)C(=O)O)c(=O)nc1N1CCC(CNc2ccccn2)CC1. The molecule has 8 heteroatoms. The van der Waals surface area contributed by atoms with Crippen molar-refractivity contribution in [1.82, 2.24) is 14.5 Å². The van der Waals surface area contributed by atoms with E-state index in [1.165, 1.54) is 4.57 Å². The number of carbonyl (C=O) groups is 1. The lowest BCUT2D eigenvalue weighted by molar-refractivity contribution is -0.142. The van der Waals surface area contributed by atoms with Crippen LogP contribution in [0, 0.1) is 18.8 Å². The molecule has 1 unspecified atom stereocenters. The predicted molar refractivity (Wildman–Crippen MR) is 150 cm³/mol. The van der Waals surface area contributed by atoms with Crippen molar-refractivity contribution in [3.63, 3.8) is 0 Å². The average molecular weight is 512 g/mol. The number of rotatable bonds is 9. The summed E-state index contributed by atoms with van der Waals surface area (Å²) in [5.41, 5.74) is 1.41. The third-order valence-corrected chi connectivity index (χ3v) is 7.36. The van der Waals surface area contributed by atoms with Gasteiger partial charge >= 0.3 is 11.7 Å². The van der Waals surface area contributed by atoms with Gasteiger partial charge in [0.1, 0.15) is 11.6 Å². The molecule has 8 nitrogen and oxygen atoms in total. The maximum atomic E-state index is 13.0. The molecule has 0 radical (unpaired) electrons. The number of aliphatic carboxylic acids is 1. The first-order valence-corrected chi connectivity index (χ1v) is 13.1. The number of anilines is 2. The lowest BCUT2D eigenvalue weighted by Gasteiger charge is -2.33. The van der Waals surface area contributed by atoms with Gasteiger partial charge in [0.2, 0.25) is 0 Å². The van der Waals surface area contributed by atoms with Crippen molar-refractivity contribution in [3.8, 4) is 0 Å². The van der Waals surface area contributed by atoms with Crippen molar-refractivity contribution < 1.29 is 9.90 Å². The minimum absolute atomic E-state index is 0.0797. The molecule has 0 bridgehead atoms. The first kappa shape index (κ1) is 25.4. The number of nitrogens with zero attached hydrogens (tertiary/aromatic N) is 4. The van der Waals surface area contributed by atoms with Crippen LogP contribution in [0.15, 0.2) is 77.9 Å². The van der Waals surface area contributed by atoms with E-state index in [0.29, 0.717) is 18.2 Å². The van der Waals surface area contributed by atoms with Gasteiger partial charge in [-0.05, 0) is 60.6 Å². The molecule has 1 fully saturated rings. The van der Waals surface area contributed by atoms with Crippen LogP contribution < -0.4 is 15.9 Å². The standard InChI is InChI=1S/C30H33N5O3/c1-21-19-35(20-26(29(36)37)17-23-9-10-24-6-2-3-7-25(24)16-23)30(38)33-28(21)34-14-11-22(12-15-34)18-32-27-8-4-5-13-31-27/h2-10,13,16,19,22,26H,11-12,14-15,17-18,20H2,1H3,(H,31,32)(H,36,37). The number of hydrogen-bond donors (Lipinski definition) is 2. The first-order chi connectivity index (χ1) is 18.5. The Labute approximate surface area is 222 Å². The predicted octanol–water partition coefficient (Wildman–Crippen LogP) is 4.37. The molecule has 4 aromatic rings. The van der Waals surface area contributed by atoms with Crippen LogP contribution in [0.3, 0.4) is 0 Å². The average Bonchev–Trinajstić information content (AvgIpc) is 2.94. The molecule has 2 aromatic heterocycles. The monoisotopic (exact) mass is 511 g/mol. The van der Waals surface area contributed by atoms with Crippen LogP contribution in [0.2, 0.25) is 0 Å². The second-order valence-corrected chi connectivity index (χ2v) is 10.1. The highest BCUT2D eigenvalue weighted by Crippen LogP contribution is 2.24. The van der Waals surface area contributed by atoms with Gasteiger partial charge in [0.15, 0.2) is 0 Å². The van der Waals surface area contributed by atoms with Crippen LogP contribution in [0.25, 0.3) is 10.8 Å². The minimum Gasteiger partial charge on any atom is -0.481 e. The Bertz CT molecular complexity index is 1460. The van der Waals surface area contributed by atoms with Crippen LogP contribution in [-0.4, -0.2) is 45.2 Å². The highest BCUT2D eigenvalue weighted by Gasteiger charge is 2.24. The Morgan fingerprint density at radius 2 is 1.84 bits per heavy atom. The van der Waals surface area contributed by atoms with Gasteiger partial charge in [-0.1, -0.05) is 48.5 Å².